The molecule has 0 bridgehead atoms. The topological polar surface area (TPSA) is 97.9 Å². The largest absolute Gasteiger partial charge is 0.388 e. The first-order chi connectivity index (χ1) is 8.67. The van der Waals surface area contributed by atoms with Crippen molar-refractivity contribution in [1.29, 1.82) is 5.26 Å². The van der Waals surface area contributed by atoms with Gasteiger partial charge in [-0.05, 0) is 0 Å². The summed E-state index contributed by atoms with van der Waals surface area (Å²) >= 11 is 1.36. The minimum absolute atomic E-state index is 0.0567. The summed E-state index contributed by atoms with van der Waals surface area (Å²) in [6.45, 7) is 4.06. The molecule has 0 radical (unpaired) electrons. The molecule has 2 aliphatic heterocycles. The van der Waals surface area contributed by atoms with Crippen LogP contribution in [-0.2, 0) is 4.74 Å². The second kappa shape index (κ2) is 5.71. The summed E-state index contributed by atoms with van der Waals surface area (Å²) in [5.74, 6) is 0. The summed E-state index contributed by atoms with van der Waals surface area (Å²) in [4.78, 5) is 4.21. The lowest BCUT2D eigenvalue weighted by molar-refractivity contribution is -0.153. The Balaban J connectivity index is 2.07. The zero-order chi connectivity index (χ0) is 13.1. The van der Waals surface area contributed by atoms with Crippen LogP contribution in [0.2, 0.25) is 0 Å². The molecule has 0 amide bonds. The highest BCUT2D eigenvalue weighted by molar-refractivity contribution is 8.14. The van der Waals surface area contributed by atoms with E-state index in [1.807, 2.05) is 6.07 Å². The summed E-state index contributed by atoms with van der Waals surface area (Å²) in [6.07, 6.45) is -0.953. The van der Waals surface area contributed by atoms with Gasteiger partial charge < -0.3 is 20.3 Å². The number of nitrogens with zero attached hydrogens (tertiary/aromatic N) is 2. The third-order valence-electron chi connectivity index (χ3n) is 2.88. The van der Waals surface area contributed by atoms with E-state index < -0.39 is 24.4 Å². The van der Waals surface area contributed by atoms with Crippen LogP contribution in [0.4, 0.5) is 0 Å². The monoisotopic (exact) mass is 269 g/mol. The maximum Gasteiger partial charge on any atom is 0.159 e. The number of hydrogen-bond acceptors (Lipinski definition) is 6. The number of nitriles is 1. The summed E-state index contributed by atoms with van der Waals surface area (Å²) in [6, 6.07) is 1.54. The van der Waals surface area contributed by atoms with Gasteiger partial charge in [0.15, 0.2) is 5.17 Å². The Labute approximate surface area is 109 Å². The van der Waals surface area contributed by atoms with E-state index in [1.165, 1.54) is 11.8 Å². The minimum atomic E-state index is -1.06. The normalized spacial score (nSPS) is 40.9. The van der Waals surface area contributed by atoms with Crippen molar-refractivity contribution in [3.05, 3.63) is 12.7 Å². The van der Waals surface area contributed by atoms with Crippen molar-refractivity contribution in [2.75, 3.05) is 6.54 Å². The van der Waals surface area contributed by atoms with E-state index in [-0.39, 0.29) is 11.9 Å². The molecule has 2 fully saturated rings. The standard InChI is InChI=1S/C11H15N3O3S/c1-2-5-13-11-14-7-9(16)8(15)6(3-4-12)17-10(7)18-11/h2,6-10,15-16H,1,3,5H2,(H,13,14). The number of aliphatic imine (C=N–C) groups is 1. The number of amidine groups is 1. The fourth-order valence-corrected chi connectivity index (χ4v) is 3.11. The zero-order valence-electron chi connectivity index (χ0n) is 9.69. The zero-order valence-corrected chi connectivity index (χ0v) is 10.5. The van der Waals surface area contributed by atoms with Gasteiger partial charge in [-0.25, -0.2) is 0 Å². The number of rotatable bonds is 3. The van der Waals surface area contributed by atoms with Crippen LogP contribution in [0, 0.1) is 11.3 Å². The van der Waals surface area contributed by atoms with Crippen molar-refractivity contribution in [2.45, 2.75) is 36.2 Å². The minimum Gasteiger partial charge on any atom is -0.388 e. The number of aliphatic hydroxyl groups excluding tert-OH is 2. The van der Waals surface area contributed by atoms with Gasteiger partial charge in [0.25, 0.3) is 0 Å². The predicted molar refractivity (Wildman–Crippen MR) is 67.9 cm³/mol. The Morgan fingerprint density at radius 3 is 3.00 bits per heavy atom. The second-order valence-corrected chi connectivity index (χ2v) is 5.20. The van der Waals surface area contributed by atoms with Crippen LogP contribution in [0.25, 0.3) is 0 Å². The fourth-order valence-electron chi connectivity index (χ4n) is 1.96. The Morgan fingerprint density at radius 2 is 2.33 bits per heavy atom. The van der Waals surface area contributed by atoms with Crippen LogP contribution in [0.5, 0.6) is 0 Å². The first-order valence-electron chi connectivity index (χ1n) is 5.64. The quantitative estimate of drug-likeness (QED) is 0.603. The van der Waals surface area contributed by atoms with Gasteiger partial charge in [-0.1, -0.05) is 17.8 Å². The third kappa shape index (κ3) is 2.52. The van der Waals surface area contributed by atoms with Crippen molar-refractivity contribution in [3.63, 3.8) is 0 Å². The molecule has 2 rings (SSSR count). The number of hydrogen-bond donors (Lipinski definition) is 3. The van der Waals surface area contributed by atoms with Crippen LogP contribution in [0.15, 0.2) is 17.6 Å². The lowest BCUT2D eigenvalue weighted by Gasteiger charge is -2.38. The molecule has 5 atom stereocenters. The first kappa shape index (κ1) is 13.4. The molecule has 0 saturated carbocycles. The maximum absolute atomic E-state index is 10.00. The van der Waals surface area contributed by atoms with E-state index in [4.69, 9.17) is 10.00 Å². The summed E-state index contributed by atoms with van der Waals surface area (Å²) in [7, 11) is 0. The average molecular weight is 269 g/mol. The summed E-state index contributed by atoms with van der Waals surface area (Å²) in [5.41, 5.74) is -0.328. The molecule has 0 spiro atoms. The van der Waals surface area contributed by atoms with E-state index in [2.05, 4.69) is 16.9 Å². The molecular formula is C11H15N3O3S. The Morgan fingerprint density at radius 1 is 1.56 bits per heavy atom. The smallest absolute Gasteiger partial charge is 0.159 e. The summed E-state index contributed by atoms with van der Waals surface area (Å²) in [5, 5.41) is 32.2. The lowest BCUT2D eigenvalue weighted by Crippen LogP contribution is -2.58. The van der Waals surface area contributed by atoms with Crippen LogP contribution >= 0.6 is 11.8 Å². The first-order valence-corrected chi connectivity index (χ1v) is 6.52. The fraction of sp³-hybridized carbons (Fsp3) is 0.636. The van der Waals surface area contributed by atoms with Crippen LogP contribution in [0.3, 0.4) is 0 Å². The van der Waals surface area contributed by atoms with Gasteiger partial charge in [0.1, 0.15) is 23.7 Å². The summed E-state index contributed by atoms with van der Waals surface area (Å²) < 4.78 is 5.60. The maximum atomic E-state index is 10.00. The van der Waals surface area contributed by atoms with Crippen molar-refractivity contribution < 1.29 is 14.9 Å². The average Bonchev–Trinajstić information content (AvgIpc) is 2.76. The van der Waals surface area contributed by atoms with E-state index in [9.17, 15) is 10.2 Å². The van der Waals surface area contributed by atoms with Gasteiger partial charge in [0.05, 0.1) is 25.1 Å². The van der Waals surface area contributed by atoms with Gasteiger partial charge in [-0.3, -0.25) is 4.99 Å². The van der Waals surface area contributed by atoms with Crippen molar-refractivity contribution >= 4 is 16.9 Å². The molecule has 5 unspecified atom stereocenters. The van der Waals surface area contributed by atoms with E-state index in [0.717, 1.165) is 0 Å². The lowest BCUT2D eigenvalue weighted by atomic mass is 9.96. The van der Waals surface area contributed by atoms with Crippen molar-refractivity contribution in [1.82, 2.24) is 5.32 Å². The number of nitrogens with one attached hydrogen (secondary N) is 1. The number of thioether (sulfide) groups is 1. The Kier molecular flexibility index (Phi) is 4.24. The second-order valence-electron chi connectivity index (χ2n) is 4.11. The predicted octanol–water partition coefficient (Wildman–Crippen LogP) is -0.406. The molecule has 7 heteroatoms. The van der Waals surface area contributed by atoms with Gasteiger partial charge in [-0.2, -0.15) is 5.26 Å². The van der Waals surface area contributed by atoms with Gasteiger partial charge in [-0.15, -0.1) is 6.58 Å². The van der Waals surface area contributed by atoms with E-state index in [0.29, 0.717) is 11.7 Å². The van der Waals surface area contributed by atoms with Gasteiger partial charge >= 0.3 is 0 Å². The number of ether oxygens (including phenoxy) is 1. The molecule has 18 heavy (non-hydrogen) atoms. The number of aliphatic hydroxyl groups is 2. The van der Waals surface area contributed by atoms with Crippen LogP contribution in [-0.4, -0.2) is 51.7 Å². The molecule has 0 aliphatic carbocycles. The Hall–Kier alpha value is -1.07. The van der Waals surface area contributed by atoms with Gasteiger partial charge in [0, 0.05) is 0 Å². The SMILES string of the molecule is C=CCN=C1NC2C(OC(CC#N)C(O)C2O)S1. The highest BCUT2D eigenvalue weighted by atomic mass is 32.2. The van der Waals surface area contributed by atoms with Crippen LogP contribution in [0.1, 0.15) is 6.42 Å². The van der Waals surface area contributed by atoms with E-state index >= 15 is 0 Å². The molecule has 0 aromatic rings. The molecule has 0 aromatic carbocycles. The molecule has 98 valence electrons. The molecule has 2 heterocycles. The number of fused-ring (bicyclic) bond motifs is 1. The molecular weight excluding hydrogens is 254 g/mol. The van der Waals surface area contributed by atoms with Gasteiger partial charge in [0.2, 0.25) is 0 Å². The molecule has 3 N–H and O–H groups in total. The van der Waals surface area contributed by atoms with Crippen LogP contribution < -0.4 is 5.32 Å². The molecule has 2 aliphatic rings. The molecule has 6 nitrogen and oxygen atoms in total. The molecule has 2 saturated heterocycles. The highest BCUT2D eigenvalue weighted by Crippen LogP contribution is 2.34. The van der Waals surface area contributed by atoms with Crippen molar-refractivity contribution in [2.24, 2.45) is 4.99 Å². The van der Waals surface area contributed by atoms with Crippen molar-refractivity contribution in [3.8, 4) is 6.07 Å². The highest BCUT2D eigenvalue weighted by Gasteiger charge is 2.48. The third-order valence-corrected chi connectivity index (χ3v) is 3.98. The Bertz CT molecular complexity index is 395. The van der Waals surface area contributed by atoms with E-state index in [1.54, 1.807) is 6.08 Å². The molecule has 0 aromatic heterocycles.